The molecule has 224 valence electrons. The first-order valence-corrected chi connectivity index (χ1v) is 21.8. The van der Waals surface area contributed by atoms with Crippen molar-refractivity contribution in [2.75, 3.05) is 0 Å². The third-order valence-electron chi connectivity index (χ3n) is 7.89. The number of unbranched alkanes of at least 4 members (excludes halogenated alkanes) is 4. The van der Waals surface area contributed by atoms with Gasteiger partial charge in [0.1, 0.15) is 17.3 Å². The topological polar surface area (TPSA) is 26.3 Å². The van der Waals surface area contributed by atoms with Crippen molar-refractivity contribution in [2.24, 2.45) is 0 Å². The molecule has 4 heterocycles. The van der Waals surface area contributed by atoms with Gasteiger partial charge < -0.3 is 8.83 Å². The van der Waals surface area contributed by atoms with E-state index in [1.165, 1.54) is 83.5 Å². The van der Waals surface area contributed by atoms with Crippen LogP contribution in [0.4, 0.5) is 0 Å². The molecule has 6 heteroatoms. The summed E-state index contributed by atoms with van der Waals surface area (Å²) < 4.78 is 15.5. The highest BCUT2D eigenvalue weighted by Crippen LogP contribution is 2.46. The highest BCUT2D eigenvalue weighted by molar-refractivity contribution is 9.10. The summed E-state index contributed by atoms with van der Waals surface area (Å²) in [5.41, 5.74) is 6.16. The Labute approximate surface area is 266 Å². The summed E-state index contributed by atoms with van der Waals surface area (Å²) in [7, 11) is -1.48. The van der Waals surface area contributed by atoms with Gasteiger partial charge in [-0.05, 0) is 118 Å². The van der Waals surface area contributed by atoms with Crippen molar-refractivity contribution in [3.05, 3.63) is 51.2 Å². The van der Waals surface area contributed by atoms with Gasteiger partial charge in [0, 0.05) is 0 Å². The van der Waals surface area contributed by atoms with E-state index in [-0.39, 0.29) is 0 Å². The van der Waals surface area contributed by atoms with Crippen LogP contribution in [-0.2, 0) is 25.7 Å². The average molecular weight is 674 g/mol. The molecule has 0 bridgehead atoms. The Morgan fingerprint density at radius 1 is 0.561 bits per heavy atom. The lowest BCUT2D eigenvalue weighted by molar-refractivity contribution is 0.556. The van der Waals surface area contributed by atoms with E-state index in [0.29, 0.717) is 0 Å². The Kier molecular flexibility index (Phi) is 11.8. The van der Waals surface area contributed by atoms with Crippen LogP contribution in [0.1, 0.15) is 101 Å². The van der Waals surface area contributed by atoms with Gasteiger partial charge in [0.2, 0.25) is 0 Å². The number of furan rings is 2. The van der Waals surface area contributed by atoms with Crippen LogP contribution < -0.4 is 4.50 Å². The number of thiophene rings is 2. The molecule has 4 rings (SSSR count). The number of halogens is 1. The Hall–Kier alpha value is -1.34. The van der Waals surface area contributed by atoms with E-state index in [9.17, 15) is 0 Å². The first-order chi connectivity index (χ1) is 19.7. The summed E-state index contributed by atoms with van der Waals surface area (Å²) in [6.45, 7) is 16.7. The van der Waals surface area contributed by atoms with E-state index < -0.39 is 8.07 Å². The van der Waals surface area contributed by atoms with Gasteiger partial charge >= 0.3 is 0 Å². The SMILES string of the molecule is CCCCc1c(-c2ccc(Br)o2)sc(-c2ccc(-c3sc([Si](C)(C)C)c(CCCC)c3CCCC)o2)c1CCCC. The zero-order chi connectivity index (χ0) is 29.6. The summed E-state index contributed by atoms with van der Waals surface area (Å²) in [5, 5.41) is 0. The van der Waals surface area contributed by atoms with Crippen LogP contribution in [0.15, 0.2) is 37.8 Å². The van der Waals surface area contributed by atoms with Crippen molar-refractivity contribution in [1.82, 2.24) is 0 Å². The minimum atomic E-state index is -1.48. The molecule has 0 aromatic carbocycles. The van der Waals surface area contributed by atoms with Crippen molar-refractivity contribution in [2.45, 2.75) is 124 Å². The lowest BCUT2D eigenvalue weighted by atomic mass is 9.97. The quantitative estimate of drug-likeness (QED) is 0.111. The third kappa shape index (κ3) is 7.60. The van der Waals surface area contributed by atoms with Gasteiger partial charge in [-0.1, -0.05) is 73.0 Å². The molecule has 0 saturated carbocycles. The van der Waals surface area contributed by atoms with Crippen LogP contribution in [0.25, 0.3) is 31.9 Å². The maximum atomic E-state index is 6.89. The molecule has 2 nitrogen and oxygen atoms in total. The molecule has 0 amide bonds. The standard InChI is InChI=1S/C35H49BrO2S2Si/c1-8-12-16-24-25(17-13-9-2)33(30-22-23-31(36)38-30)39-32(24)28-20-21-29(37-28)34-26(18-14-10-3)27(19-15-11-4)35(40-34)41(5,6)7/h20-23H,8-19H2,1-7H3. The summed E-state index contributed by atoms with van der Waals surface area (Å²) >= 11 is 7.44. The Bertz CT molecular complexity index is 1400. The summed E-state index contributed by atoms with van der Waals surface area (Å²) in [4.78, 5) is 3.95. The normalized spacial score (nSPS) is 12.1. The molecule has 41 heavy (non-hydrogen) atoms. The van der Waals surface area contributed by atoms with Gasteiger partial charge in [-0.25, -0.2) is 0 Å². The summed E-state index contributed by atoms with van der Waals surface area (Å²) in [6.07, 6.45) is 14.2. The Morgan fingerprint density at radius 2 is 0.951 bits per heavy atom. The van der Waals surface area contributed by atoms with E-state index in [4.69, 9.17) is 8.83 Å². The van der Waals surface area contributed by atoms with E-state index in [1.807, 2.05) is 28.7 Å². The maximum absolute atomic E-state index is 6.89. The second-order valence-electron chi connectivity index (χ2n) is 12.4. The third-order valence-corrected chi connectivity index (χ3v) is 14.5. The molecule has 0 atom stereocenters. The second-order valence-corrected chi connectivity index (χ2v) is 20.6. The summed E-state index contributed by atoms with van der Waals surface area (Å²) in [6, 6.07) is 8.61. The molecule has 0 unspecified atom stereocenters. The van der Waals surface area contributed by atoms with Gasteiger partial charge in [0.25, 0.3) is 0 Å². The van der Waals surface area contributed by atoms with Crippen LogP contribution in [0.3, 0.4) is 0 Å². The van der Waals surface area contributed by atoms with Crippen molar-refractivity contribution in [3.8, 4) is 31.9 Å². The number of hydrogen-bond donors (Lipinski definition) is 0. The van der Waals surface area contributed by atoms with Crippen LogP contribution >= 0.6 is 38.6 Å². The molecule has 0 radical (unpaired) electrons. The van der Waals surface area contributed by atoms with Crippen LogP contribution in [0.5, 0.6) is 0 Å². The molecular weight excluding hydrogens is 625 g/mol. The van der Waals surface area contributed by atoms with E-state index in [1.54, 1.807) is 15.6 Å². The van der Waals surface area contributed by atoms with Crippen molar-refractivity contribution < 1.29 is 8.83 Å². The van der Waals surface area contributed by atoms with Crippen LogP contribution in [-0.4, -0.2) is 8.07 Å². The zero-order valence-corrected chi connectivity index (χ0v) is 30.5. The molecule has 0 aliphatic carbocycles. The minimum absolute atomic E-state index is 0.786. The highest BCUT2D eigenvalue weighted by Gasteiger charge is 2.29. The smallest absolute Gasteiger partial charge is 0.169 e. The van der Waals surface area contributed by atoms with Crippen molar-refractivity contribution in [3.63, 3.8) is 0 Å². The highest BCUT2D eigenvalue weighted by atomic mass is 79.9. The lowest BCUT2D eigenvalue weighted by Crippen LogP contribution is -2.37. The predicted octanol–water partition coefficient (Wildman–Crippen LogP) is 12.7. The number of hydrogen-bond acceptors (Lipinski definition) is 4. The van der Waals surface area contributed by atoms with Gasteiger partial charge in [0.15, 0.2) is 4.67 Å². The first kappa shape index (κ1) is 32.6. The van der Waals surface area contributed by atoms with E-state index in [2.05, 4.69) is 81.5 Å². The van der Waals surface area contributed by atoms with Gasteiger partial charge in [-0.2, -0.15) is 0 Å². The second kappa shape index (κ2) is 14.9. The minimum Gasteiger partial charge on any atom is -0.454 e. The molecule has 4 aromatic rings. The Balaban J connectivity index is 1.85. The fourth-order valence-electron chi connectivity index (χ4n) is 5.69. The molecule has 0 fully saturated rings. The molecule has 0 N–H and O–H groups in total. The monoisotopic (exact) mass is 672 g/mol. The fourth-order valence-corrected chi connectivity index (χ4v) is 11.1. The Morgan fingerprint density at radius 3 is 1.37 bits per heavy atom. The van der Waals surface area contributed by atoms with Crippen molar-refractivity contribution in [1.29, 1.82) is 0 Å². The zero-order valence-electron chi connectivity index (χ0n) is 26.3. The predicted molar refractivity (Wildman–Crippen MR) is 188 cm³/mol. The fraction of sp³-hybridized carbons (Fsp3) is 0.543. The molecule has 0 aliphatic heterocycles. The van der Waals surface area contributed by atoms with E-state index >= 15 is 0 Å². The van der Waals surface area contributed by atoms with Gasteiger partial charge in [0.05, 0.1) is 22.7 Å². The molecule has 0 saturated heterocycles. The van der Waals surface area contributed by atoms with Crippen LogP contribution in [0, 0.1) is 0 Å². The molecular formula is C35H49BrO2S2Si. The van der Waals surface area contributed by atoms with Gasteiger partial charge in [-0.15, -0.1) is 22.7 Å². The van der Waals surface area contributed by atoms with Crippen LogP contribution in [0.2, 0.25) is 19.6 Å². The first-order valence-electron chi connectivity index (χ1n) is 15.9. The largest absolute Gasteiger partial charge is 0.454 e. The van der Waals surface area contributed by atoms with Crippen molar-refractivity contribution >= 4 is 51.2 Å². The van der Waals surface area contributed by atoms with Gasteiger partial charge in [-0.3, -0.25) is 0 Å². The maximum Gasteiger partial charge on any atom is 0.169 e. The van der Waals surface area contributed by atoms with E-state index in [0.717, 1.165) is 41.2 Å². The molecule has 4 aromatic heterocycles. The lowest BCUT2D eigenvalue weighted by Gasteiger charge is -2.17. The average Bonchev–Trinajstić information content (AvgIpc) is 3.72. The molecule has 0 aliphatic rings. The summed E-state index contributed by atoms with van der Waals surface area (Å²) in [5.74, 6) is 3.04. The molecule has 0 spiro atoms. The number of rotatable bonds is 16.